The highest BCUT2D eigenvalue weighted by Gasteiger charge is 2.31. The van der Waals surface area contributed by atoms with Crippen LogP contribution < -0.4 is 16.8 Å². The standard InChI is InChI=1S/C10H10Cl2N4/c11-6-2-1-3-7(12)9(6)10(14)15-5-4-8(13)16-10/h1-5,15H,14H2,(H2,13,16). The van der Waals surface area contributed by atoms with E-state index >= 15 is 0 Å². The quantitative estimate of drug-likeness (QED) is 0.714. The summed E-state index contributed by atoms with van der Waals surface area (Å²) in [5, 5.41) is 3.76. The Morgan fingerprint density at radius 1 is 1.25 bits per heavy atom. The maximum atomic E-state index is 6.07. The van der Waals surface area contributed by atoms with Crippen LogP contribution in [0.2, 0.25) is 10.0 Å². The van der Waals surface area contributed by atoms with Crippen LogP contribution in [0, 0.1) is 0 Å². The lowest BCUT2D eigenvalue weighted by molar-refractivity contribution is 0.410. The predicted octanol–water partition coefficient (Wildman–Crippen LogP) is 1.54. The largest absolute Gasteiger partial charge is 0.384 e. The molecule has 0 spiro atoms. The fourth-order valence-electron chi connectivity index (χ4n) is 1.52. The van der Waals surface area contributed by atoms with Crippen molar-refractivity contribution in [3.05, 3.63) is 46.1 Å². The van der Waals surface area contributed by atoms with Crippen molar-refractivity contribution in [2.75, 3.05) is 0 Å². The van der Waals surface area contributed by atoms with Crippen molar-refractivity contribution in [1.82, 2.24) is 5.32 Å². The highest BCUT2D eigenvalue weighted by Crippen LogP contribution is 2.32. The zero-order valence-electron chi connectivity index (χ0n) is 8.24. The van der Waals surface area contributed by atoms with Gasteiger partial charge in [-0.05, 0) is 18.2 Å². The maximum Gasteiger partial charge on any atom is 0.213 e. The molecule has 2 rings (SSSR count). The lowest BCUT2D eigenvalue weighted by Crippen LogP contribution is -2.49. The van der Waals surface area contributed by atoms with Gasteiger partial charge in [0.25, 0.3) is 0 Å². The molecule has 0 saturated carbocycles. The number of nitrogens with two attached hydrogens (primary N) is 2. The summed E-state index contributed by atoms with van der Waals surface area (Å²) >= 11 is 12.1. The normalized spacial score (nSPS) is 23.8. The predicted molar refractivity (Wildman–Crippen MR) is 66.2 cm³/mol. The monoisotopic (exact) mass is 256 g/mol. The number of nitrogens with zero attached hydrogens (tertiary/aromatic N) is 1. The summed E-state index contributed by atoms with van der Waals surface area (Å²) in [5.41, 5.74) is 12.2. The lowest BCUT2D eigenvalue weighted by atomic mass is 10.1. The van der Waals surface area contributed by atoms with E-state index in [0.717, 1.165) is 0 Å². The van der Waals surface area contributed by atoms with Crippen molar-refractivity contribution in [3.8, 4) is 0 Å². The third kappa shape index (κ3) is 1.87. The number of halogens is 2. The molecular weight excluding hydrogens is 247 g/mol. The van der Waals surface area contributed by atoms with Crippen molar-refractivity contribution in [1.29, 1.82) is 0 Å². The molecule has 1 aliphatic heterocycles. The average molecular weight is 257 g/mol. The number of rotatable bonds is 1. The van der Waals surface area contributed by atoms with Gasteiger partial charge in [-0.1, -0.05) is 29.3 Å². The Labute approximate surface area is 103 Å². The third-order valence-corrected chi connectivity index (χ3v) is 2.84. The molecule has 1 unspecified atom stereocenters. The summed E-state index contributed by atoms with van der Waals surface area (Å²) in [6, 6.07) is 5.13. The Morgan fingerprint density at radius 3 is 2.44 bits per heavy atom. The van der Waals surface area contributed by atoms with Crippen LogP contribution in [0.4, 0.5) is 0 Å². The Kier molecular flexibility index (Phi) is 2.80. The number of benzene rings is 1. The van der Waals surface area contributed by atoms with Crippen LogP contribution >= 0.6 is 23.2 Å². The summed E-state index contributed by atoms with van der Waals surface area (Å²) in [7, 11) is 0. The SMILES string of the molecule is NC1=NC(N)(c2c(Cl)cccc2Cl)NC=C1. The fraction of sp³-hybridized carbons (Fsp3) is 0.100. The van der Waals surface area contributed by atoms with Gasteiger partial charge in [-0.25, -0.2) is 4.99 Å². The molecule has 4 nitrogen and oxygen atoms in total. The first-order valence-corrected chi connectivity index (χ1v) is 5.31. The first-order chi connectivity index (χ1) is 7.53. The summed E-state index contributed by atoms with van der Waals surface area (Å²) in [5.74, 6) is -0.897. The van der Waals surface area contributed by atoms with Crippen LogP contribution in [0.3, 0.4) is 0 Å². The van der Waals surface area contributed by atoms with E-state index in [4.69, 9.17) is 34.7 Å². The van der Waals surface area contributed by atoms with Crippen molar-refractivity contribution >= 4 is 29.0 Å². The molecule has 5 N–H and O–H groups in total. The Morgan fingerprint density at radius 2 is 1.88 bits per heavy atom. The van der Waals surface area contributed by atoms with E-state index in [1.54, 1.807) is 30.5 Å². The lowest BCUT2D eigenvalue weighted by Gasteiger charge is -2.30. The number of aliphatic imine (C=N–C) groups is 1. The second kappa shape index (κ2) is 3.97. The summed E-state index contributed by atoms with van der Waals surface area (Å²) in [4.78, 5) is 4.11. The molecule has 0 bridgehead atoms. The summed E-state index contributed by atoms with van der Waals surface area (Å²) in [6.45, 7) is 0. The van der Waals surface area contributed by atoms with Crippen LogP contribution in [0.1, 0.15) is 5.56 Å². The topological polar surface area (TPSA) is 76.4 Å². The molecule has 6 heteroatoms. The Balaban J connectivity index is 2.56. The molecule has 16 heavy (non-hydrogen) atoms. The smallest absolute Gasteiger partial charge is 0.213 e. The zero-order chi connectivity index (χ0) is 11.8. The molecule has 0 radical (unpaired) electrons. The van der Waals surface area contributed by atoms with Gasteiger partial charge in [0.1, 0.15) is 5.84 Å². The molecule has 1 aromatic rings. The zero-order valence-corrected chi connectivity index (χ0v) is 9.76. The molecule has 0 aromatic heterocycles. The van der Waals surface area contributed by atoms with Gasteiger partial charge >= 0.3 is 0 Å². The fourth-order valence-corrected chi connectivity index (χ4v) is 2.20. The first kappa shape index (κ1) is 11.3. The minimum atomic E-state index is -1.21. The number of amidine groups is 1. The van der Waals surface area contributed by atoms with Crippen molar-refractivity contribution < 1.29 is 0 Å². The van der Waals surface area contributed by atoms with Crippen LogP contribution in [-0.4, -0.2) is 5.84 Å². The second-order valence-electron chi connectivity index (χ2n) is 3.38. The van der Waals surface area contributed by atoms with Crippen LogP contribution in [0.5, 0.6) is 0 Å². The van der Waals surface area contributed by atoms with Crippen LogP contribution in [0.25, 0.3) is 0 Å². The van der Waals surface area contributed by atoms with E-state index in [1.807, 2.05) is 0 Å². The van der Waals surface area contributed by atoms with Gasteiger partial charge in [0.15, 0.2) is 0 Å². The highest BCUT2D eigenvalue weighted by atomic mass is 35.5. The highest BCUT2D eigenvalue weighted by molar-refractivity contribution is 6.36. The van der Waals surface area contributed by atoms with Crippen molar-refractivity contribution in [2.24, 2.45) is 16.5 Å². The van der Waals surface area contributed by atoms with E-state index in [1.165, 1.54) is 0 Å². The van der Waals surface area contributed by atoms with E-state index in [2.05, 4.69) is 10.3 Å². The molecule has 0 amide bonds. The molecule has 0 fully saturated rings. The van der Waals surface area contributed by atoms with Crippen LogP contribution in [0.15, 0.2) is 35.5 Å². The molecule has 84 valence electrons. The molecule has 1 aliphatic rings. The maximum absolute atomic E-state index is 6.07. The number of nitrogens with one attached hydrogen (secondary N) is 1. The van der Waals surface area contributed by atoms with E-state index in [0.29, 0.717) is 21.4 Å². The van der Waals surface area contributed by atoms with Gasteiger partial charge in [0, 0.05) is 6.20 Å². The van der Waals surface area contributed by atoms with Crippen LogP contribution in [-0.2, 0) is 5.79 Å². The molecule has 1 atom stereocenters. The van der Waals surface area contributed by atoms with Crippen molar-refractivity contribution in [3.63, 3.8) is 0 Å². The van der Waals surface area contributed by atoms with E-state index < -0.39 is 5.79 Å². The molecule has 1 aromatic carbocycles. The third-order valence-electron chi connectivity index (χ3n) is 2.21. The Hall–Kier alpha value is -1.23. The minimum Gasteiger partial charge on any atom is -0.384 e. The molecule has 0 aliphatic carbocycles. The minimum absolute atomic E-state index is 0.317. The number of hydrogen-bond donors (Lipinski definition) is 3. The number of hydrogen-bond acceptors (Lipinski definition) is 4. The molecule has 0 saturated heterocycles. The van der Waals surface area contributed by atoms with Gasteiger partial charge < -0.3 is 11.1 Å². The van der Waals surface area contributed by atoms with Gasteiger partial charge in [-0.3, -0.25) is 5.73 Å². The second-order valence-corrected chi connectivity index (χ2v) is 4.19. The Bertz CT molecular complexity index is 463. The first-order valence-electron chi connectivity index (χ1n) is 4.56. The van der Waals surface area contributed by atoms with Crippen molar-refractivity contribution in [2.45, 2.75) is 5.79 Å². The van der Waals surface area contributed by atoms with Gasteiger partial charge in [-0.15, -0.1) is 0 Å². The van der Waals surface area contributed by atoms with E-state index in [9.17, 15) is 0 Å². The van der Waals surface area contributed by atoms with Gasteiger partial charge in [0.2, 0.25) is 5.79 Å². The average Bonchev–Trinajstić information content (AvgIpc) is 2.16. The van der Waals surface area contributed by atoms with E-state index in [-0.39, 0.29) is 0 Å². The molecule has 1 heterocycles. The summed E-state index contributed by atoms with van der Waals surface area (Å²) < 4.78 is 0. The summed E-state index contributed by atoms with van der Waals surface area (Å²) in [6.07, 6.45) is 3.22. The molecular formula is C10H10Cl2N4. The van der Waals surface area contributed by atoms with Gasteiger partial charge in [0.05, 0.1) is 15.6 Å². The van der Waals surface area contributed by atoms with Gasteiger partial charge in [-0.2, -0.15) is 0 Å².